The van der Waals surface area contributed by atoms with Crippen molar-refractivity contribution >= 4 is 34.0 Å². The smallest absolute Gasteiger partial charge is 0.412 e. The molecule has 0 aliphatic rings. The van der Waals surface area contributed by atoms with Crippen LogP contribution in [-0.2, 0) is 4.74 Å². The van der Waals surface area contributed by atoms with Crippen LogP contribution in [0.2, 0.25) is 0 Å². The molecule has 7 heteroatoms. The van der Waals surface area contributed by atoms with Crippen molar-refractivity contribution < 1.29 is 9.53 Å². The minimum Gasteiger partial charge on any atom is -0.450 e. The van der Waals surface area contributed by atoms with Crippen LogP contribution in [0.4, 0.5) is 15.5 Å². The predicted octanol–water partition coefficient (Wildman–Crippen LogP) is 4.16. The number of ether oxygens (including phenoxy) is 1. The molecule has 1 heterocycles. The summed E-state index contributed by atoms with van der Waals surface area (Å²) in [5, 5.41) is 7.73. The third-order valence-electron chi connectivity index (χ3n) is 3.09. The quantitative estimate of drug-likeness (QED) is 0.636. The maximum Gasteiger partial charge on any atom is 0.412 e. The second-order valence-corrected chi connectivity index (χ2v) is 5.77. The first kappa shape index (κ1) is 17.0. The molecule has 0 unspecified atom stereocenters. The predicted molar refractivity (Wildman–Crippen MR) is 94.5 cm³/mol. The van der Waals surface area contributed by atoms with Crippen molar-refractivity contribution in [1.29, 1.82) is 0 Å². The van der Waals surface area contributed by atoms with Gasteiger partial charge in [-0.15, -0.1) is 0 Å². The van der Waals surface area contributed by atoms with Gasteiger partial charge < -0.3 is 4.74 Å². The molecule has 0 atom stereocenters. The Bertz CT molecular complexity index is 725. The van der Waals surface area contributed by atoms with E-state index in [2.05, 4.69) is 20.2 Å². The van der Waals surface area contributed by atoms with Gasteiger partial charge in [-0.2, -0.15) is 9.47 Å². The molecule has 2 N–H and O–H groups in total. The van der Waals surface area contributed by atoms with Crippen molar-refractivity contribution in [3.63, 3.8) is 0 Å². The third-order valence-corrected chi connectivity index (χ3v) is 3.94. The Morgan fingerprint density at radius 2 is 2.17 bits per heavy atom. The number of anilines is 2. The van der Waals surface area contributed by atoms with Gasteiger partial charge in [0, 0.05) is 0 Å². The van der Waals surface area contributed by atoms with Crippen LogP contribution in [-0.4, -0.2) is 22.8 Å². The Kier molecular flexibility index (Phi) is 5.70. The molecular weight excluding hydrogens is 312 g/mol. The number of hydrazone groups is 1. The molecule has 1 amide bonds. The van der Waals surface area contributed by atoms with Crippen LogP contribution in [0.15, 0.2) is 29.4 Å². The van der Waals surface area contributed by atoms with Gasteiger partial charge >= 0.3 is 6.09 Å². The molecule has 1 aromatic carbocycles. The van der Waals surface area contributed by atoms with E-state index in [0.717, 1.165) is 28.2 Å². The number of hydrogen-bond donors (Lipinski definition) is 2. The average molecular weight is 332 g/mol. The lowest BCUT2D eigenvalue weighted by atomic mass is 10.2. The summed E-state index contributed by atoms with van der Waals surface area (Å²) in [6, 6.07) is 7.94. The molecule has 0 aliphatic heterocycles. The fourth-order valence-electron chi connectivity index (χ4n) is 2.06. The fraction of sp³-hybridized carbons (Fsp3) is 0.312. The lowest BCUT2D eigenvalue weighted by Gasteiger charge is -2.07. The van der Waals surface area contributed by atoms with Gasteiger partial charge in [0.05, 0.1) is 29.3 Å². The summed E-state index contributed by atoms with van der Waals surface area (Å²) in [7, 11) is 0. The lowest BCUT2D eigenvalue weighted by Crippen LogP contribution is -2.14. The number of aromatic nitrogens is 1. The Morgan fingerprint density at radius 3 is 2.87 bits per heavy atom. The molecule has 23 heavy (non-hydrogen) atoms. The first-order valence-electron chi connectivity index (χ1n) is 7.28. The summed E-state index contributed by atoms with van der Waals surface area (Å²) < 4.78 is 9.19. The van der Waals surface area contributed by atoms with Crippen molar-refractivity contribution in [3.8, 4) is 0 Å². The highest BCUT2D eigenvalue weighted by Gasteiger charge is 2.16. The number of benzene rings is 1. The molecule has 0 bridgehead atoms. The van der Waals surface area contributed by atoms with Gasteiger partial charge in [0.15, 0.2) is 0 Å². The molecular formula is C16H20N4O2S. The number of carbonyl (C=O) groups excluding carboxylic acids is 1. The number of nitrogens with zero attached hydrogens (tertiary/aromatic N) is 2. The Balaban J connectivity index is 2.18. The Hall–Kier alpha value is -2.41. The van der Waals surface area contributed by atoms with Crippen LogP contribution >= 0.6 is 11.5 Å². The number of hydrogen-bond acceptors (Lipinski definition) is 6. The highest BCUT2D eigenvalue weighted by molar-refractivity contribution is 7.11. The second-order valence-electron chi connectivity index (χ2n) is 5.00. The van der Waals surface area contributed by atoms with E-state index in [1.54, 1.807) is 6.92 Å². The monoisotopic (exact) mass is 332 g/mol. The van der Waals surface area contributed by atoms with Crippen LogP contribution in [0, 0.1) is 13.8 Å². The maximum atomic E-state index is 11.6. The van der Waals surface area contributed by atoms with E-state index in [1.807, 2.05) is 45.0 Å². The zero-order chi connectivity index (χ0) is 16.8. The van der Waals surface area contributed by atoms with E-state index in [9.17, 15) is 4.79 Å². The molecule has 6 nitrogen and oxygen atoms in total. The molecule has 2 rings (SSSR count). The summed E-state index contributed by atoms with van der Waals surface area (Å²) in [4.78, 5) is 11.6. The van der Waals surface area contributed by atoms with Crippen LogP contribution < -0.4 is 10.7 Å². The second kappa shape index (κ2) is 7.73. The third kappa shape index (κ3) is 4.53. The minimum atomic E-state index is -0.489. The van der Waals surface area contributed by atoms with E-state index >= 15 is 0 Å². The Morgan fingerprint density at radius 1 is 1.39 bits per heavy atom. The van der Waals surface area contributed by atoms with E-state index in [0.29, 0.717) is 11.6 Å². The first-order valence-corrected chi connectivity index (χ1v) is 8.06. The van der Waals surface area contributed by atoms with Gasteiger partial charge in [0.1, 0.15) is 5.00 Å². The van der Waals surface area contributed by atoms with Crippen LogP contribution in [0.5, 0.6) is 0 Å². The number of aryl methyl sites for hydroxylation is 2. The molecule has 0 saturated heterocycles. The topological polar surface area (TPSA) is 75.6 Å². The van der Waals surface area contributed by atoms with Crippen LogP contribution in [0.3, 0.4) is 0 Å². The highest BCUT2D eigenvalue weighted by atomic mass is 32.1. The molecule has 0 aliphatic carbocycles. The van der Waals surface area contributed by atoms with Gasteiger partial charge in [-0.3, -0.25) is 10.7 Å². The molecule has 122 valence electrons. The first-order chi connectivity index (χ1) is 11.0. The number of carbonyl (C=O) groups is 1. The molecule has 0 fully saturated rings. The summed E-state index contributed by atoms with van der Waals surface area (Å²) >= 11 is 1.21. The van der Waals surface area contributed by atoms with E-state index in [1.165, 1.54) is 11.5 Å². The Labute approximate surface area is 139 Å². The minimum absolute atomic E-state index is 0.320. The van der Waals surface area contributed by atoms with Gasteiger partial charge in [0.2, 0.25) is 0 Å². The molecule has 0 spiro atoms. The zero-order valence-electron chi connectivity index (χ0n) is 13.6. The van der Waals surface area contributed by atoms with E-state index in [4.69, 9.17) is 4.74 Å². The van der Waals surface area contributed by atoms with Crippen molar-refractivity contribution in [2.45, 2.75) is 27.7 Å². The van der Waals surface area contributed by atoms with Crippen molar-refractivity contribution in [3.05, 3.63) is 41.1 Å². The van der Waals surface area contributed by atoms with Crippen LogP contribution in [0.1, 0.15) is 30.7 Å². The van der Waals surface area contributed by atoms with Crippen LogP contribution in [0.25, 0.3) is 0 Å². The maximum absolute atomic E-state index is 11.6. The standard InChI is InChI=1S/C16H20N4O2S/c1-5-22-16(21)17-15-14(12(4)20-23-15)11(3)18-19-13-8-6-7-10(2)9-13/h6-9,19H,5H2,1-4H3,(H,17,21)/b18-11+. The van der Waals surface area contributed by atoms with E-state index in [-0.39, 0.29) is 0 Å². The average Bonchev–Trinajstić information content (AvgIpc) is 2.86. The summed E-state index contributed by atoms with van der Waals surface area (Å²) in [6.45, 7) is 7.86. The molecule has 1 aromatic heterocycles. The summed E-state index contributed by atoms with van der Waals surface area (Å²) in [6.07, 6.45) is -0.489. The highest BCUT2D eigenvalue weighted by Crippen LogP contribution is 2.25. The zero-order valence-corrected chi connectivity index (χ0v) is 14.5. The number of nitrogens with one attached hydrogen (secondary N) is 2. The number of rotatable bonds is 5. The lowest BCUT2D eigenvalue weighted by molar-refractivity contribution is 0.168. The van der Waals surface area contributed by atoms with Crippen molar-refractivity contribution in [2.75, 3.05) is 17.3 Å². The summed E-state index contributed by atoms with van der Waals surface area (Å²) in [5.41, 5.74) is 7.45. The molecule has 2 aromatic rings. The van der Waals surface area contributed by atoms with Gasteiger partial charge in [-0.05, 0) is 56.9 Å². The fourth-order valence-corrected chi connectivity index (χ4v) is 2.90. The molecule has 0 radical (unpaired) electrons. The van der Waals surface area contributed by atoms with Gasteiger partial charge in [0.25, 0.3) is 0 Å². The number of amides is 1. The van der Waals surface area contributed by atoms with Gasteiger partial charge in [-0.25, -0.2) is 4.79 Å². The van der Waals surface area contributed by atoms with Crippen molar-refractivity contribution in [1.82, 2.24) is 4.37 Å². The summed E-state index contributed by atoms with van der Waals surface area (Å²) in [5.74, 6) is 0. The SMILES string of the molecule is CCOC(=O)Nc1snc(C)c1/C(C)=N/Nc1cccc(C)c1. The molecule has 0 saturated carbocycles. The van der Waals surface area contributed by atoms with E-state index < -0.39 is 6.09 Å². The normalized spacial score (nSPS) is 11.2. The van der Waals surface area contributed by atoms with Crippen molar-refractivity contribution in [2.24, 2.45) is 5.10 Å². The largest absolute Gasteiger partial charge is 0.450 e. The van der Waals surface area contributed by atoms with Gasteiger partial charge in [-0.1, -0.05) is 12.1 Å².